The van der Waals surface area contributed by atoms with Crippen LogP contribution in [0.25, 0.3) is 0 Å². The zero-order valence-electron chi connectivity index (χ0n) is 37.8. The molecule has 6 aromatic carbocycles. The molecule has 9 rings (SSSR count). The van der Waals surface area contributed by atoms with Gasteiger partial charge in [0.25, 0.3) is 0 Å². The van der Waals surface area contributed by atoms with E-state index in [1.165, 1.54) is 78.5 Å². The maximum absolute atomic E-state index is 2.61. The summed E-state index contributed by atoms with van der Waals surface area (Å²) in [6.45, 7) is 28.2. The second kappa shape index (κ2) is 13.9. The third-order valence-corrected chi connectivity index (χ3v) is 13.3. The first-order valence-electron chi connectivity index (χ1n) is 21.8. The van der Waals surface area contributed by atoms with Crippen LogP contribution in [0.2, 0.25) is 0 Å². The molecule has 0 spiro atoms. The fourth-order valence-electron chi connectivity index (χ4n) is 10.2. The van der Waals surface area contributed by atoms with Crippen LogP contribution in [0.3, 0.4) is 0 Å². The van der Waals surface area contributed by atoms with Crippen molar-refractivity contribution in [2.24, 2.45) is 5.41 Å². The summed E-state index contributed by atoms with van der Waals surface area (Å²) in [6.07, 6.45) is 0. The van der Waals surface area contributed by atoms with E-state index >= 15 is 0 Å². The average molecular weight is 786 g/mol. The molecule has 1 aliphatic carbocycles. The third kappa shape index (κ3) is 6.33. The van der Waals surface area contributed by atoms with Crippen molar-refractivity contribution >= 4 is 57.5 Å². The molecule has 6 aromatic rings. The molecule has 0 fully saturated rings. The molecule has 0 bridgehead atoms. The van der Waals surface area contributed by atoms with Crippen molar-refractivity contribution in [1.82, 2.24) is 0 Å². The van der Waals surface area contributed by atoms with E-state index in [1.807, 2.05) is 0 Å². The summed E-state index contributed by atoms with van der Waals surface area (Å²) in [5.74, 6) is 0. The topological polar surface area (TPSA) is 9.72 Å². The highest BCUT2D eigenvalue weighted by molar-refractivity contribution is 6.95. The van der Waals surface area contributed by atoms with Crippen molar-refractivity contribution in [3.63, 3.8) is 0 Å². The van der Waals surface area contributed by atoms with Gasteiger partial charge in [0.2, 0.25) is 6.71 Å². The van der Waals surface area contributed by atoms with Crippen LogP contribution in [0.4, 0.5) is 39.8 Å². The van der Waals surface area contributed by atoms with E-state index in [4.69, 9.17) is 0 Å². The summed E-state index contributed by atoms with van der Waals surface area (Å²) < 4.78 is 0. The minimum absolute atomic E-state index is 0.0227. The van der Waals surface area contributed by atoms with Crippen molar-refractivity contribution in [2.75, 3.05) is 14.7 Å². The number of nitrogens with zero attached hydrogens (tertiary/aromatic N) is 3. The van der Waals surface area contributed by atoms with E-state index in [0.717, 1.165) is 11.4 Å². The smallest absolute Gasteiger partial charge is 0.248 e. The summed E-state index contributed by atoms with van der Waals surface area (Å²) in [7, 11) is 0. The molecule has 2 aliphatic heterocycles. The van der Waals surface area contributed by atoms with Gasteiger partial charge in [-0.2, -0.15) is 0 Å². The Kier molecular flexibility index (Phi) is 9.21. The summed E-state index contributed by atoms with van der Waals surface area (Å²) >= 11 is 0. The zero-order valence-corrected chi connectivity index (χ0v) is 37.8. The van der Waals surface area contributed by atoms with Gasteiger partial charge in [-0.25, -0.2) is 0 Å². The van der Waals surface area contributed by atoms with Gasteiger partial charge in [0, 0.05) is 56.6 Å². The van der Waals surface area contributed by atoms with Crippen LogP contribution in [0.1, 0.15) is 99.8 Å². The van der Waals surface area contributed by atoms with E-state index in [-0.39, 0.29) is 28.4 Å². The molecule has 0 radical (unpaired) electrons. The number of anilines is 7. The van der Waals surface area contributed by atoms with E-state index in [0.29, 0.717) is 0 Å². The maximum Gasteiger partial charge on any atom is 0.248 e. The minimum Gasteiger partial charge on any atom is -0.313 e. The predicted octanol–water partition coefficient (Wildman–Crippen LogP) is 14.1. The largest absolute Gasteiger partial charge is 0.313 e. The SMILES string of the molecule is CC1=C(N(c2ccccc2)c2ccccc2)C(C)(C)C2=C1N(c1ccc(C(C)(C)C)cc1)c1cccc3c1B2c1cc(C(C)(C)C)ccc1N3c1ccc(C(C)(C)C)cc1. The highest BCUT2D eigenvalue weighted by Gasteiger charge is 2.54. The number of hydrogen-bond acceptors (Lipinski definition) is 3. The molecule has 0 atom stereocenters. The molecule has 302 valence electrons. The van der Waals surface area contributed by atoms with Gasteiger partial charge in [0.05, 0.1) is 0 Å². The minimum atomic E-state index is -0.379. The summed E-state index contributed by atoms with van der Waals surface area (Å²) in [5, 5.41) is 0. The standard InChI is InChI=1S/C56H60BN3/c1-37-50-51(56(11,12)52(37)58(41-20-15-13-16-21-41)42-22-17-14-18-23-42)57-45-36-40(55(8,9)10)30-35-46(45)59(43-31-26-38(27-32-43)53(2,3)4)47-24-19-25-48(49(47)57)60(50)44-33-28-39(29-34-44)54(5,6)7/h13-36H,1-12H3. The third-order valence-electron chi connectivity index (χ3n) is 13.3. The molecule has 0 saturated heterocycles. The number of rotatable bonds is 5. The molecular weight excluding hydrogens is 725 g/mol. The molecule has 0 N–H and O–H groups in total. The second-order valence-corrected chi connectivity index (χ2v) is 20.8. The van der Waals surface area contributed by atoms with Crippen LogP contribution in [-0.2, 0) is 16.2 Å². The Balaban J connectivity index is 1.36. The molecule has 3 nitrogen and oxygen atoms in total. The number of fused-ring (bicyclic) bond motifs is 3. The Morgan fingerprint density at radius 2 is 0.933 bits per heavy atom. The lowest BCUT2D eigenvalue weighted by Gasteiger charge is -2.47. The highest BCUT2D eigenvalue weighted by Crippen LogP contribution is 2.58. The predicted molar refractivity (Wildman–Crippen MR) is 259 cm³/mol. The summed E-state index contributed by atoms with van der Waals surface area (Å²) in [4.78, 5) is 7.67. The first-order chi connectivity index (χ1) is 28.4. The number of hydrogen-bond donors (Lipinski definition) is 0. The van der Waals surface area contributed by atoms with Gasteiger partial charge in [-0.1, -0.05) is 160 Å². The van der Waals surface area contributed by atoms with E-state index < -0.39 is 0 Å². The average Bonchev–Trinajstić information content (AvgIpc) is 3.41. The number of para-hydroxylation sites is 2. The molecule has 60 heavy (non-hydrogen) atoms. The monoisotopic (exact) mass is 785 g/mol. The summed E-state index contributed by atoms with van der Waals surface area (Å²) in [5.41, 5.74) is 20.2. The van der Waals surface area contributed by atoms with Crippen LogP contribution in [-0.4, -0.2) is 6.71 Å². The lowest BCUT2D eigenvalue weighted by atomic mass is 9.30. The Hall–Kier alpha value is -5.74. The van der Waals surface area contributed by atoms with Crippen LogP contribution in [0.15, 0.2) is 168 Å². The van der Waals surface area contributed by atoms with E-state index in [2.05, 4.69) is 243 Å². The molecule has 2 heterocycles. The molecule has 3 aliphatic rings. The molecule has 0 unspecified atom stereocenters. The Morgan fingerprint density at radius 3 is 1.42 bits per heavy atom. The van der Waals surface area contributed by atoms with Crippen LogP contribution >= 0.6 is 0 Å². The normalized spacial score (nSPS) is 15.9. The first-order valence-corrected chi connectivity index (χ1v) is 21.8. The molecule has 0 aromatic heterocycles. The molecule has 4 heteroatoms. The van der Waals surface area contributed by atoms with Crippen molar-refractivity contribution in [3.8, 4) is 0 Å². The van der Waals surface area contributed by atoms with E-state index in [1.54, 1.807) is 0 Å². The number of allylic oxidation sites excluding steroid dienone is 2. The first kappa shape index (κ1) is 39.7. The van der Waals surface area contributed by atoms with Gasteiger partial charge in [-0.05, 0) is 123 Å². The highest BCUT2D eigenvalue weighted by atomic mass is 15.2. The Morgan fingerprint density at radius 1 is 0.483 bits per heavy atom. The van der Waals surface area contributed by atoms with Crippen LogP contribution in [0.5, 0.6) is 0 Å². The molecule has 0 amide bonds. The molecule has 0 saturated carbocycles. The second-order valence-electron chi connectivity index (χ2n) is 20.8. The van der Waals surface area contributed by atoms with Crippen molar-refractivity contribution < 1.29 is 0 Å². The quantitative estimate of drug-likeness (QED) is 0.161. The Bertz CT molecular complexity index is 2630. The van der Waals surface area contributed by atoms with Crippen LogP contribution in [0, 0.1) is 5.41 Å². The van der Waals surface area contributed by atoms with Crippen molar-refractivity contribution in [2.45, 2.75) is 99.3 Å². The van der Waals surface area contributed by atoms with Gasteiger partial charge in [-0.3, -0.25) is 0 Å². The van der Waals surface area contributed by atoms with Gasteiger partial charge in [0.1, 0.15) is 0 Å². The fraction of sp³-hybridized carbons (Fsp3) is 0.286. The van der Waals surface area contributed by atoms with Gasteiger partial charge >= 0.3 is 0 Å². The van der Waals surface area contributed by atoms with E-state index in [9.17, 15) is 0 Å². The van der Waals surface area contributed by atoms with Crippen LogP contribution < -0.4 is 25.6 Å². The lowest BCUT2D eigenvalue weighted by molar-refractivity contribution is 0.559. The van der Waals surface area contributed by atoms with Gasteiger partial charge in [0.15, 0.2) is 0 Å². The van der Waals surface area contributed by atoms with Crippen molar-refractivity contribution in [3.05, 3.63) is 185 Å². The fourth-order valence-corrected chi connectivity index (χ4v) is 10.2. The van der Waals surface area contributed by atoms with Crippen molar-refractivity contribution in [1.29, 1.82) is 0 Å². The van der Waals surface area contributed by atoms with Gasteiger partial charge in [-0.15, -0.1) is 0 Å². The lowest BCUT2D eigenvalue weighted by Crippen LogP contribution is -2.58. The Labute approximate surface area is 360 Å². The zero-order chi connectivity index (χ0) is 42.5. The number of benzene rings is 6. The maximum atomic E-state index is 2.61. The molecular formula is C56H60BN3. The van der Waals surface area contributed by atoms with Gasteiger partial charge < -0.3 is 14.7 Å². The summed E-state index contributed by atoms with van der Waals surface area (Å²) in [6, 6.07) is 54.9.